The molecule has 0 spiro atoms. The predicted molar refractivity (Wildman–Crippen MR) is 120 cm³/mol. The molecule has 9 heteroatoms. The molecule has 0 aliphatic carbocycles. The van der Waals surface area contributed by atoms with E-state index in [-0.39, 0.29) is 17.7 Å². The molecule has 1 aliphatic heterocycles. The summed E-state index contributed by atoms with van der Waals surface area (Å²) in [5.74, 6) is -0.115. The highest BCUT2D eigenvalue weighted by molar-refractivity contribution is 7.92. The van der Waals surface area contributed by atoms with Crippen LogP contribution < -0.4 is 10.0 Å². The number of anilines is 2. The number of hydrazone groups is 1. The summed E-state index contributed by atoms with van der Waals surface area (Å²) in [5, 5.41) is 9.25. The van der Waals surface area contributed by atoms with Crippen molar-refractivity contribution in [1.29, 1.82) is 0 Å². The molecule has 0 fully saturated rings. The quantitative estimate of drug-likeness (QED) is 0.611. The Kier molecular flexibility index (Phi) is 5.51. The molecule has 2 N–H and O–H groups in total. The van der Waals surface area contributed by atoms with Gasteiger partial charge in [-0.05, 0) is 35.9 Å². The molecule has 1 aliphatic rings. The van der Waals surface area contributed by atoms with Crippen molar-refractivity contribution in [3.63, 3.8) is 0 Å². The molecule has 4 rings (SSSR count). The van der Waals surface area contributed by atoms with Gasteiger partial charge in [0.05, 0.1) is 24.3 Å². The SMILES string of the molecule is CNc1ccccc1C1CC(c2ccc(NS(C)(=O)=O)cc2)=NN1C(=O)c1ccco1. The van der Waals surface area contributed by atoms with Crippen molar-refractivity contribution < 1.29 is 17.6 Å². The maximum atomic E-state index is 13.1. The van der Waals surface area contributed by atoms with Crippen LogP contribution in [-0.2, 0) is 10.0 Å². The zero-order valence-electron chi connectivity index (χ0n) is 17.1. The van der Waals surface area contributed by atoms with E-state index in [9.17, 15) is 13.2 Å². The van der Waals surface area contributed by atoms with Crippen LogP contribution in [0.25, 0.3) is 0 Å². The molecular weight excluding hydrogens is 416 g/mol. The van der Waals surface area contributed by atoms with Gasteiger partial charge in [-0.3, -0.25) is 9.52 Å². The number of carbonyl (C=O) groups excluding carboxylic acids is 1. The van der Waals surface area contributed by atoms with Crippen LogP contribution in [0.1, 0.15) is 34.1 Å². The van der Waals surface area contributed by atoms with Gasteiger partial charge in [-0.25, -0.2) is 13.4 Å². The van der Waals surface area contributed by atoms with E-state index >= 15 is 0 Å². The molecule has 0 saturated heterocycles. The number of sulfonamides is 1. The minimum Gasteiger partial charge on any atom is -0.459 e. The number of rotatable bonds is 6. The fraction of sp³-hybridized carbons (Fsp3) is 0.182. The van der Waals surface area contributed by atoms with Crippen molar-refractivity contribution in [3.8, 4) is 0 Å². The Labute approximate surface area is 180 Å². The van der Waals surface area contributed by atoms with Crippen LogP contribution in [-0.4, -0.2) is 38.3 Å². The van der Waals surface area contributed by atoms with E-state index in [4.69, 9.17) is 4.42 Å². The molecule has 1 aromatic heterocycles. The lowest BCUT2D eigenvalue weighted by Crippen LogP contribution is -2.27. The van der Waals surface area contributed by atoms with Crippen LogP contribution in [0.4, 0.5) is 11.4 Å². The van der Waals surface area contributed by atoms with Crippen molar-refractivity contribution in [1.82, 2.24) is 5.01 Å². The van der Waals surface area contributed by atoms with Crippen LogP contribution in [0.5, 0.6) is 0 Å². The van der Waals surface area contributed by atoms with Crippen LogP contribution in [0, 0.1) is 0 Å². The first-order valence-electron chi connectivity index (χ1n) is 9.65. The van der Waals surface area contributed by atoms with Gasteiger partial charge in [-0.1, -0.05) is 30.3 Å². The predicted octanol–water partition coefficient (Wildman–Crippen LogP) is 3.68. The van der Waals surface area contributed by atoms with E-state index in [1.54, 1.807) is 36.4 Å². The third kappa shape index (κ3) is 4.46. The Hall–Kier alpha value is -3.59. The Morgan fingerprint density at radius 2 is 1.84 bits per heavy atom. The minimum atomic E-state index is -3.36. The van der Waals surface area contributed by atoms with Gasteiger partial charge in [0.25, 0.3) is 0 Å². The maximum absolute atomic E-state index is 13.1. The van der Waals surface area contributed by atoms with Crippen LogP contribution in [0.3, 0.4) is 0 Å². The smallest absolute Gasteiger partial charge is 0.310 e. The molecule has 31 heavy (non-hydrogen) atoms. The molecule has 3 aromatic rings. The average molecular weight is 439 g/mol. The Morgan fingerprint density at radius 1 is 1.10 bits per heavy atom. The van der Waals surface area contributed by atoms with Gasteiger partial charge in [0.2, 0.25) is 10.0 Å². The molecule has 1 atom stereocenters. The van der Waals surface area contributed by atoms with Crippen molar-refractivity contribution in [3.05, 3.63) is 83.8 Å². The summed E-state index contributed by atoms with van der Waals surface area (Å²) in [5.41, 5.74) is 3.85. The van der Waals surface area contributed by atoms with Gasteiger partial charge in [-0.2, -0.15) is 5.10 Å². The topological polar surface area (TPSA) is 104 Å². The molecule has 0 saturated carbocycles. The van der Waals surface area contributed by atoms with Gasteiger partial charge < -0.3 is 9.73 Å². The molecule has 8 nitrogen and oxygen atoms in total. The highest BCUT2D eigenvalue weighted by Crippen LogP contribution is 2.37. The molecule has 2 aromatic carbocycles. The summed E-state index contributed by atoms with van der Waals surface area (Å²) in [7, 11) is -1.52. The van der Waals surface area contributed by atoms with Crippen LogP contribution in [0.2, 0.25) is 0 Å². The first kappa shape index (κ1) is 20.7. The number of amides is 1. The summed E-state index contributed by atoms with van der Waals surface area (Å²) in [6.45, 7) is 0. The summed E-state index contributed by atoms with van der Waals surface area (Å²) >= 11 is 0. The third-order valence-corrected chi connectivity index (χ3v) is 5.57. The lowest BCUT2D eigenvalue weighted by molar-refractivity contribution is 0.0679. The zero-order chi connectivity index (χ0) is 22.0. The van der Waals surface area contributed by atoms with E-state index < -0.39 is 10.0 Å². The van der Waals surface area contributed by atoms with Crippen molar-refractivity contribution in [2.75, 3.05) is 23.3 Å². The summed E-state index contributed by atoms with van der Waals surface area (Å²) in [6, 6.07) is 17.7. The standard InChI is InChI=1S/C22H22N4O4S/c1-23-18-7-4-3-6-17(18)20-14-19(24-26(20)22(27)21-8-5-13-30-21)15-9-11-16(12-10-15)25-31(2,28)29/h3-13,20,23,25H,14H2,1-2H3. The van der Waals surface area contributed by atoms with Crippen molar-refractivity contribution >= 4 is 33.0 Å². The molecule has 1 unspecified atom stereocenters. The number of hydrogen-bond acceptors (Lipinski definition) is 6. The minimum absolute atomic E-state index is 0.213. The summed E-state index contributed by atoms with van der Waals surface area (Å²) < 4.78 is 30.6. The maximum Gasteiger partial charge on any atom is 0.310 e. The van der Waals surface area contributed by atoms with E-state index in [0.717, 1.165) is 28.8 Å². The zero-order valence-corrected chi connectivity index (χ0v) is 17.9. The number of carbonyl (C=O) groups is 1. The third-order valence-electron chi connectivity index (χ3n) is 4.96. The largest absolute Gasteiger partial charge is 0.459 e. The number of para-hydroxylation sites is 1. The molecule has 0 radical (unpaired) electrons. The first-order chi connectivity index (χ1) is 14.9. The second-order valence-electron chi connectivity index (χ2n) is 7.18. The number of nitrogens with one attached hydrogen (secondary N) is 2. The van der Waals surface area contributed by atoms with E-state index in [0.29, 0.717) is 12.1 Å². The second kappa shape index (κ2) is 8.27. The normalized spacial score (nSPS) is 16.1. The highest BCUT2D eigenvalue weighted by atomic mass is 32.2. The van der Waals surface area contributed by atoms with Crippen LogP contribution >= 0.6 is 0 Å². The average Bonchev–Trinajstić information content (AvgIpc) is 3.43. The molecule has 2 heterocycles. The van der Waals surface area contributed by atoms with Gasteiger partial charge in [0.15, 0.2) is 5.76 Å². The summed E-state index contributed by atoms with van der Waals surface area (Å²) in [4.78, 5) is 13.1. The fourth-order valence-electron chi connectivity index (χ4n) is 3.59. The van der Waals surface area contributed by atoms with Gasteiger partial charge in [-0.15, -0.1) is 0 Å². The van der Waals surface area contributed by atoms with Gasteiger partial charge in [0, 0.05) is 30.4 Å². The molecule has 1 amide bonds. The monoisotopic (exact) mass is 438 g/mol. The lowest BCUT2D eigenvalue weighted by Gasteiger charge is -2.23. The van der Waals surface area contributed by atoms with Crippen molar-refractivity contribution in [2.24, 2.45) is 5.10 Å². The molecule has 0 bridgehead atoms. The van der Waals surface area contributed by atoms with Gasteiger partial charge >= 0.3 is 5.91 Å². The Balaban J connectivity index is 1.69. The Bertz CT molecular complexity index is 1220. The second-order valence-corrected chi connectivity index (χ2v) is 8.93. The van der Waals surface area contributed by atoms with Gasteiger partial charge in [0.1, 0.15) is 0 Å². The highest BCUT2D eigenvalue weighted by Gasteiger charge is 2.35. The van der Waals surface area contributed by atoms with E-state index in [2.05, 4.69) is 15.1 Å². The Morgan fingerprint density at radius 3 is 2.48 bits per heavy atom. The number of hydrogen-bond donors (Lipinski definition) is 2. The van der Waals surface area contributed by atoms with E-state index in [1.807, 2.05) is 31.3 Å². The molecule has 160 valence electrons. The first-order valence-corrected chi connectivity index (χ1v) is 11.5. The number of furan rings is 1. The number of benzene rings is 2. The summed E-state index contributed by atoms with van der Waals surface area (Å²) in [6.07, 6.45) is 3.06. The fourth-order valence-corrected chi connectivity index (χ4v) is 4.15. The van der Waals surface area contributed by atoms with E-state index in [1.165, 1.54) is 11.3 Å². The van der Waals surface area contributed by atoms with Crippen LogP contribution in [0.15, 0.2) is 76.4 Å². The molecular formula is C22H22N4O4S. The van der Waals surface area contributed by atoms with Crippen molar-refractivity contribution in [2.45, 2.75) is 12.5 Å². The lowest BCUT2D eigenvalue weighted by atomic mass is 9.97. The number of nitrogens with zero attached hydrogens (tertiary/aromatic N) is 2.